The molecule has 34 heavy (non-hydrogen) atoms. The van der Waals surface area contributed by atoms with E-state index >= 15 is 0 Å². The summed E-state index contributed by atoms with van der Waals surface area (Å²) in [5, 5.41) is 4.15. The number of hydrogen-bond acceptors (Lipinski definition) is 6. The summed E-state index contributed by atoms with van der Waals surface area (Å²) in [6.45, 7) is 5.31. The second-order valence-electron chi connectivity index (χ2n) is 8.66. The van der Waals surface area contributed by atoms with Crippen molar-refractivity contribution in [1.29, 1.82) is 0 Å². The van der Waals surface area contributed by atoms with Crippen LogP contribution < -0.4 is 5.32 Å². The number of rotatable bonds is 6. The van der Waals surface area contributed by atoms with E-state index in [0.29, 0.717) is 35.6 Å². The zero-order chi connectivity index (χ0) is 23.7. The molecule has 0 saturated carbocycles. The highest BCUT2D eigenvalue weighted by atomic mass is 32.1. The number of aryl methyl sites for hydroxylation is 1. The van der Waals surface area contributed by atoms with Gasteiger partial charge in [0.15, 0.2) is 5.58 Å². The van der Waals surface area contributed by atoms with Crippen LogP contribution in [0.15, 0.2) is 52.9 Å². The number of fused-ring (bicyclic) bond motifs is 1. The van der Waals surface area contributed by atoms with Crippen molar-refractivity contribution in [3.8, 4) is 11.3 Å². The van der Waals surface area contributed by atoms with E-state index in [1.165, 1.54) is 23.5 Å². The van der Waals surface area contributed by atoms with Crippen molar-refractivity contribution in [2.45, 2.75) is 39.2 Å². The first-order chi connectivity index (χ1) is 16.5. The lowest BCUT2D eigenvalue weighted by molar-refractivity contribution is 0.0518. The molecule has 0 bridgehead atoms. The molecule has 2 atom stereocenters. The first-order valence-corrected chi connectivity index (χ1v) is 12.5. The number of thiazole rings is 1. The topological polar surface area (TPSA) is 71.3 Å². The number of benzene rings is 2. The van der Waals surface area contributed by atoms with Crippen LogP contribution in [0.25, 0.3) is 22.4 Å². The fraction of sp³-hybridized carbons (Fsp3) is 0.346. The molecule has 1 amide bonds. The molecular formula is C26H27FN4O2S. The van der Waals surface area contributed by atoms with Crippen molar-refractivity contribution >= 4 is 34.4 Å². The largest absolute Gasteiger partial charge is 0.424 e. The van der Waals surface area contributed by atoms with Gasteiger partial charge in [0.1, 0.15) is 16.2 Å². The number of hydrogen-bond donors (Lipinski definition) is 1. The Morgan fingerprint density at radius 2 is 2.00 bits per heavy atom. The summed E-state index contributed by atoms with van der Waals surface area (Å²) >= 11 is 1.40. The molecule has 1 aliphatic rings. The fourth-order valence-corrected chi connectivity index (χ4v) is 5.68. The molecule has 0 spiro atoms. The van der Waals surface area contributed by atoms with E-state index in [9.17, 15) is 9.18 Å². The van der Waals surface area contributed by atoms with Gasteiger partial charge in [0.2, 0.25) is 0 Å². The molecule has 4 aromatic rings. The Balaban J connectivity index is 1.41. The molecule has 2 aromatic heterocycles. The summed E-state index contributed by atoms with van der Waals surface area (Å²) in [6.07, 6.45) is 3.02. The van der Waals surface area contributed by atoms with E-state index < -0.39 is 0 Å². The molecule has 8 heteroatoms. The summed E-state index contributed by atoms with van der Waals surface area (Å²) in [4.78, 5) is 25.6. The number of amides is 1. The number of nitrogens with one attached hydrogen (secondary N) is 1. The van der Waals surface area contributed by atoms with Crippen molar-refractivity contribution in [1.82, 2.24) is 14.9 Å². The maximum Gasteiger partial charge on any atom is 0.295 e. The number of carbonyl (C=O) groups is 1. The molecule has 6 nitrogen and oxygen atoms in total. The van der Waals surface area contributed by atoms with Gasteiger partial charge in [0.25, 0.3) is 11.9 Å². The minimum atomic E-state index is -0.310. The van der Waals surface area contributed by atoms with Crippen LogP contribution in [0.3, 0.4) is 0 Å². The Morgan fingerprint density at radius 1 is 1.21 bits per heavy atom. The first-order valence-electron chi connectivity index (χ1n) is 11.7. The average molecular weight is 479 g/mol. The van der Waals surface area contributed by atoms with E-state index in [2.05, 4.69) is 22.2 Å². The standard InChI is InChI=1S/C26H27FN4O2S/c1-3-17-7-6-14-31(21(17)15-28-26-30-20-8-4-5-9-22(20)33-26)25(32)24-23(29-16(2)34-24)18-10-12-19(27)13-11-18/h4-5,8-13,17,21H,3,6-7,14-15H2,1-2H3,(H,28,30)/t17-,21-/m1/s1. The summed E-state index contributed by atoms with van der Waals surface area (Å²) in [6, 6.07) is 14.3. The highest BCUT2D eigenvalue weighted by Crippen LogP contribution is 2.33. The molecule has 1 fully saturated rings. The lowest BCUT2D eigenvalue weighted by Crippen LogP contribution is -2.51. The smallest absolute Gasteiger partial charge is 0.295 e. The van der Waals surface area contributed by atoms with E-state index in [4.69, 9.17) is 4.42 Å². The third-order valence-electron chi connectivity index (χ3n) is 6.51. The minimum absolute atomic E-state index is 0.00439. The maximum atomic E-state index is 13.9. The van der Waals surface area contributed by atoms with Crippen molar-refractivity contribution in [2.24, 2.45) is 5.92 Å². The van der Waals surface area contributed by atoms with Crippen LogP contribution in [-0.4, -0.2) is 39.9 Å². The van der Waals surface area contributed by atoms with Gasteiger partial charge in [0, 0.05) is 18.7 Å². The summed E-state index contributed by atoms with van der Waals surface area (Å²) in [7, 11) is 0. The van der Waals surface area contributed by atoms with Gasteiger partial charge in [-0.3, -0.25) is 4.79 Å². The SMILES string of the molecule is CC[C@@H]1CCCN(C(=O)c2sc(C)nc2-c2ccc(F)cc2)[C@@H]1CNc1nc2ccccc2o1. The van der Waals surface area contributed by atoms with Gasteiger partial charge in [-0.15, -0.1) is 11.3 Å². The predicted molar refractivity (Wildman–Crippen MR) is 133 cm³/mol. The second kappa shape index (κ2) is 9.54. The van der Waals surface area contributed by atoms with Crippen LogP contribution in [0, 0.1) is 18.7 Å². The van der Waals surface area contributed by atoms with Crippen molar-refractivity contribution in [3.05, 3.63) is 64.2 Å². The predicted octanol–water partition coefficient (Wildman–Crippen LogP) is 6.14. The monoisotopic (exact) mass is 478 g/mol. The summed E-state index contributed by atoms with van der Waals surface area (Å²) in [5.41, 5.74) is 2.91. The second-order valence-corrected chi connectivity index (χ2v) is 9.86. The van der Waals surface area contributed by atoms with Gasteiger partial charge in [-0.2, -0.15) is 4.98 Å². The quantitative estimate of drug-likeness (QED) is 0.360. The van der Waals surface area contributed by atoms with Gasteiger partial charge in [-0.1, -0.05) is 25.5 Å². The fourth-order valence-electron chi connectivity index (χ4n) is 4.79. The van der Waals surface area contributed by atoms with Gasteiger partial charge < -0.3 is 14.6 Å². The van der Waals surface area contributed by atoms with Crippen LogP contribution >= 0.6 is 11.3 Å². The van der Waals surface area contributed by atoms with Gasteiger partial charge in [0.05, 0.1) is 16.7 Å². The van der Waals surface area contributed by atoms with Crippen molar-refractivity contribution in [2.75, 3.05) is 18.4 Å². The molecule has 5 rings (SSSR count). The zero-order valence-electron chi connectivity index (χ0n) is 19.3. The molecule has 0 radical (unpaired) electrons. The maximum absolute atomic E-state index is 13.9. The number of aromatic nitrogens is 2. The number of nitrogens with zero attached hydrogens (tertiary/aromatic N) is 3. The molecule has 1 N–H and O–H groups in total. The Hall–Kier alpha value is -3.26. The lowest BCUT2D eigenvalue weighted by Gasteiger charge is -2.41. The third-order valence-corrected chi connectivity index (χ3v) is 7.46. The van der Waals surface area contributed by atoms with Gasteiger partial charge in [-0.05, 0) is 62.1 Å². The van der Waals surface area contributed by atoms with Crippen LogP contribution in [0.5, 0.6) is 0 Å². The van der Waals surface area contributed by atoms with E-state index in [0.717, 1.165) is 40.9 Å². The van der Waals surface area contributed by atoms with E-state index in [1.54, 1.807) is 12.1 Å². The Morgan fingerprint density at radius 3 is 2.76 bits per heavy atom. The highest BCUT2D eigenvalue weighted by Gasteiger charge is 2.35. The zero-order valence-corrected chi connectivity index (χ0v) is 20.1. The molecule has 3 heterocycles. The number of oxazole rings is 1. The minimum Gasteiger partial charge on any atom is -0.424 e. The molecule has 1 saturated heterocycles. The first kappa shape index (κ1) is 22.5. The van der Waals surface area contributed by atoms with Crippen LogP contribution in [-0.2, 0) is 0 Å². The summed E-state index contributed by atoms with van der Waals surface area (Å²) < 4.78 is 19.3. The normalized spacial score (nSPS) is 18.4. The number of carbonyl (C=O) groups excluding carboxylic acids is 1. The number of piperidine rings is 1. The van der Waals surface area contributed by atoms with E-state index in [-0.39, 0.29) is 17.8 Å². The van der Waals surface area contributed by atoms with Crippen LogP contribution in [0.4, 0.5) is 10.4 Å². The highest BCUT2D eigenvalue weighted by molar-refractivity contribution is 7.14. The molecule has 0 unspecified atom stereocenters. The number of anilines is 1. The Labute approximate surface area is 201 Å². The average Bonchev–Trinajstić information content (AvgIpc) is 3.45. The molecular weight excluding hydrogens is 451 g/mol. The van der Waals surface area contributed by atoms with Crippen molar-refractivity contribution < 1.29 is 13.6 Å². The number of likely N-dealkylation sites (tertiary alicyclic amines) is 1. The van der Waals surface area contributed by atoms with Crippen LogP contribution in [0.2, 0.25) is 0 Å². The Bertz CT molecular complexity index is 1270. The van der Waals surface area contributed by atoms with Crippen LogP contribution in [0.1, 0.15) is 40.9 Å². The van der Waals surface area contributed by atoms with E-state index in [1.807, 2.05) is 36.1 Å². The number of para-hydroxylation sites is 2. The third kappa shape index (κ3) is 4.42. The van der Waals surface area contributed by atoms with Crippen molar-refractivity contribution in [3.63, 3.8) is 0 Å². The van der Waals surface area contributed by atoms with Gasteiger partial charge in [-0.25, -0.2) is 9.37 Å². The molecule has 0 aliphatic carbocycles. The Kier molecular flexibility index (Phi) is 6.32. The molecule has 176 valence electrons. The molecule has 1 aliphatic heterocycles. The lowest BCUT2D eigenvalue weighted by atomic mass is 9.86. The van der Waals surface area contributed by atoms with Gasteiger partial charge >= 0.3 is 0 Å². The molecule has 2 aromatic carbocycles. The summed E-state index contributed by atoms with van der Waals surface area (Å²) in [5.74, 6) is 0.0426. The number of halogens is 1.